The van der Waals surface area contributed by atoms with E-state index in [1.165, 1.54) is 66.8 Å². The highest BCUT2D eigenvalue weighted by atomic mass is 16.5. The Kier molecular flexibility index (Phi) is 24.8. The van der Waals surface area contributed by atoms with Gasteiger partial charge in [0.25, 0.3) is 53.2 Å². The first-order chi connectivity index (χ1) is 66.5. The lowest BCUT2D eigenvalue weighted by atomic mass is 9.91. The number of carbonyl (C=O) groups excluding carboxylic acids is 14. The summed E-state index contributed by atoms with van der Waals surface area (Å²) in [6.07, 6.45) is 17.6. The van der Waals surface area contributed by atoms with E-state index in [2.05, 4.69) is 140 Å². The summed E-state index contributed by atoms with van der Waals surface area (Å²) < 4.78 is 20.8. The summed E-state index contributed by atoms with van der Waals surface area (Å²) in [6.45, 7) is 2.22. The topological polar surface area (TPSA) is 512 Å². The minimum absolute atomic E-state index is 0.103. The molecule has 686 valence electrons. The lowest BCUT2D eigenvalue weighted by Crippen LogP contribution is -2.54. The number of amides is 19. The number of hydrogen-bond donors (Lipinski definition) is 10. The van der Waals surface area contributed by atoms with Gasteiger partial charge in [-0.2, -0.15) is 0 Å². The van der Waals surface area contributed by atoms with Crippen molar-refractivity contribution in [2.75, 3.05) is 54.6 Å². The van der Waals surface area contributed by atoms with Gasteiger partial charge in [-0.25, -0.2) is 43.9 Å². The number of carbonyl (C=O) groups is 14. The van der Waals surface area contributed by atoms with Crippen LogP contribution in [0.3, 0.4) is 0 Å². The highest BCUT2D eigenvalue weighted by molar-refractivity contribution is 6.14. The Morgan fingerprint density at radius 1 is 0.319 bits per heavy atom. The molecular weight excluding hydrogens is 1770 g/mol. The maximum absolute atomic E-state index is 13.0. The van der Waals surface area contributed by atoms with Crippen molar-refractivity contribution >= 4 is 83.3 Å². The largest absolute Gasteiger partial charge is 0.497 e. The van der Waals surface area contributed by atoms with E-state index in [1.54, 1.807) is 172 Å². The van der Waals surface area contributed by atoms with Crippen molar-refractivity contribution in [2.45, 2.75) is 60.8 Å². The molecule has 19 amide bonds. The lowest BCUT2D eigenvalue weighted by Gasteiger charge is -2.26. The minimum Gasteiger partial charge on any atom is -0.497 e. The van der Waals surface area contributed by atoms with Crippen LogP contribution in [0.15, 0.2) is 214 Å². The molecule has 0 saturated carbocycles. The number of nitrogens with zero attached hydrogens (tertiary/aromatic N) is 12. The van der Waals surface area contributed by atoms with E-state index in [-0.39, 0.29) is 62.9 Å². The van der Waals surface area contributed by atoms with Gasteiger partial charge in [0.2, 0.25) is 22.2 Å². The Labute approximate surface area is 784 Å². The van der Waals surface area contributed by atoms with E-state index < -0.39 is 87.4 Å². The Balaban J connectivity index is 0.000000127. The second-order valence-corrected chi connectivity index (χ2v) is 32.4. The number of imide groups is 5. The van der Waals surface area contributed by atoms with Crippen molar-refractivity contribution in [2.24, 2.45) is 0 Å². The number of urea groups is 5. The number of rotatable bonds is 16. The first-order valence-electron chi connectivity index (χ1n) is 42.1. The Hall–Kier alpha value is -19.1. The molecular formula is C98H76N22O18. The van der Waals surface area contributed by atoms with E-state index in [1.807, 2.05) is 30.3 Å². The fourth-order valence-corrected chi connectivity index (χ4v) is 16.1. The fraction of sp³-hybridized carbons (Fsp3) is 0.184. The molecule has 6 aromatic heterocycles. The molecule has 0 radical (unpaired) electrons. The molecule has 5 fully saturated rings. The highest BCUT2D eigenvalue weighted by Crippen LogP contribution is 2.35. The van der Waals surface area contributed by atoms with Crippen molar-refractivity contribution in [3.8, 4) is 104 Å². The molecule has 5 atom stereocenters. The summed E-state index contributed by atoms with van der Waals surface area (Å²) in [4.78, 5) is 214. The number of fused-ring (bicyclic) bond motifs is 4. The fourth-order valence-electron chi connectivity index (χ4n) is 16.1. The van der Waals surface area contributed by atoms with Crippen LogP contribution in [0.5, 0.6) is 23.0 Å². The average Bonchev–Trinajstić information content (AvgIpc) is 1.62. The number of ether oxygens (including phenoxy) is 4. The van der Waals surface area contributed by atoms with E-state index in [0.717, 1.165) is 44.6 Å². The van der Waals surface area contributed by atoms with E-state index >= 15 is 0 Å². The van der Waals surface area contributed by atoms with Crippen molar-refractivity contribution < 1.29 is 86.1 Å². The quantitative estimate of drug-likeness (QED) is 0.0475. The van der Waals surface area contributed by atoms with Crippen LogP contribution in [-0.2, 0) is 55.7 Å². The Morgan fingerprint density at radius 3 is 0.942 bits per heavy atom. The van der Waals surface area contributed by atoms with Gasteiger partial charge in [-0.05, 0) is 144 Å². The predicted octanol–water partition coefficient (Wildman–Crippen LogP) is 4.34. The van der Waals surface area contributed by atoms with Gasteiger partial charge in [-0.15, -0.1) is 0 Å². The third-order valence-corrected chi connectivity index (χ3v) is 23.4. The monoisotopic (exact) mass is 1850 g/mol. The van der Waals surface area contributed by atoms with Crippen molar-refractivity contribution in [3.05, 3.63) is 286 Å². The van der Waals surface area contributed by atoms with Crippen LogP contribution >= 0.6 is 0 Å². The van der Waals surface area contributed by atoms with Crippen molar-refractivity contribution in [3.63, 3.8) is 0 Å². The zero-order chi connectivity index (χ0) is 96.8. The first-order valence-corrected chi connectivity index (χ1v) is 42.1. The zero-order valence-corrected chi connectivity index (χ0v) is 73.6. The summed E-state index contributed by atoms with van der Waals surface area (Å²) in [7, 11) is 6.08. The summed E-state index contributed by atoms with van der Waals surface area (Å²) >= 11 is 0. The van der Waals surface area contributed by atoms with Gasteiger partial charge in [0.1, 0.15) is 34.9 Å². The van der Waals surface area contributed by atoms with Crippen LogP contribution in [0.2, 0.25) is 0 Å². The first kappa shape index (κ1) is 90.8. The number of hydrogen-bond acceptors (Lipinski definition) is 26. The molecule has 20 rings (SSSR count). The standard InChI is InChI=1S/C25H21N5O6.C25H19N5O4.2C24H18N6O4/c1-24(20(32)26-22(34)28-24)16-6-3-14(4-7-16)9-10-25(21(33)27-23(35)29-25)13-30-12-15-5-8-17(36-2)11-18(15)19(30)31;1-34-19-6-5-18-14-30(22(31)20(18)11-19)15-25(23(32)28-24(33)29-25)9-8-16-4-7-21(27-12-16)17-3-2-10-26-13-17;1-34-18-4-3-16-12-30(21(31)19(16)8-18)13-24(22(32)28-23(33)29-24)7-6-15-2-5-20(27-9-15)17-10-25-14-26-11-17;1-34-18-5-4-17-13-30(21(31)19(17)9-18)14-24(22(32)28-23(33)29-24)7-6-15-10-26-20(27-11-15)16-3-2-8-25-12-16/h3-8,11H,12-13H2,1-2H3,(H2,26,28,32,34)(H2,27,29,33,35);2-7,10-13H,14-15H2,1H3,(H2,28,29,32,33);2-5,8-11,14H,12-13H2,1H3,(H2,28,29,32,33);2-5,8-12H,13-14H2,1H3,(H2,28,29,32,33)/t24?,25-;25-;2*24-/m1111/s1. The number of methoxy groups -OCH3 is 4. The molecule has 138 heavy (non-hydrogen) atoms. The third-order valence-electron chi connectivity index (χ3n) is 23.4. The van der Waals surface area contributed by atoms with Gasteiger partial charge >= 0.3 is 30.2 Å². The molecule has 15 heterocycles. The number of nitrogens with one attached hydrogen (secondary N) is 10. The van der Waals surface area contributed by atoms with Gasteiger partial charge in [0.05, 0.1) is 71.6 Å². The molecule has 11 aromatic rings. The predicted molar refractivity (Wildman–Crippen MR) is 485 cm³/mol. The van der Waals surface area contributed by atoms with Crippen LogP contribution in [0.25, 0.3) is 33.9 Å². The van der Waals surface area contributed by atoms with Crippen LogP contribution in [-0.4, -0.2) is 220 Å². The average molecular weight is 1850 g/mol. The minimum atomic E-state index is -1.65. The molecule has 1 unspecified atom stereocenters. The number of aromatic nitrogens is 8. The molecule has 9 aliphatic rings. The molecule has 10 N–H and O–H groups in total. The van der Waals surface area contributed by atoms with E-state index in [9.17, 15) is 67.1 Å². The SMILES string of the molecule is COc1ccc2c(c1)C(=O)N(C[C@@]1(C#Cc3ccc(-c4cccnc4)nc3)NC(=O)NC1=O)C2.COc1ccc2c(c1)C(=O)N(C[C@@]1(C#Cc3ccc(-c4cncnc4)nc3)NC(=O)NC1=O)C2.COc1ccc2c(c1)C(=O)N(C[C@@]1(C#Cc3ccc(C4(C)NC(=O)NC4=O)cc3)NC(=O)NC1=O)C2.COc1ccc2c(c1)C(=O)N(C[C@@]1(C#Cc3cnc(-c4cccnc4)nc3)NC(=O)NC1=O)C2. The molecule has 0 spiro atoms. The molecule has 0 bridgehead atoms. The van der Waals surface area contributed by atoms with Crippen LogP contribution in [0.4, 0.5) is 24.0 Å². The summed E-state index contributed by atoms with van der Waals surface area (Å²) in [5.74, 6) is 21.7. The van der Waals surface area contributed by atoms with Gasteiger partial charge in [0, 0.05) is 144 Å². The second kappa shape index (κ2) is 37.6. The van der Waals surface area contributed by atoms with E-state index in [0.29, 0.717) is 97.7 Å². The summed E-state index contributed by atoms with van der Waals surface area (Å²) in [5.41, 5.74) is 3.88. The van der Waals surface area contributed by atoms with Gasteiger partial charge in [-0.3, -0.25) is 89.7 Å². The van der Waals surface area contributed by atoms with Gasteiger partial charge < -0.3 is 65.1 Å². The van der Waals surface area contributed by atoms with E-state index in [4.69, 9.17) is 18.9 Å². The Bertz CT molecular complexity index is 6700. The summed E-state index contributed by atoms with van der Waals surface area (Å²) in [5, 5.41) is 24.0. The molecule has 9 aliphatic heterocycles. The third kappa shape index (κ3) is 18.7. The summed E-state index contributed by atoms with van der Waals surface area (Å²) in [6, 6.07) is 38.6. The number of pyridine rings is 4. The maximum Gasteiger partial charge on any atom is 0.323 e. The molecule has 40 heteroatoms. The maximum atomic E-state index is 13.0. The smallest absolute Gasteiger partial charge is 0.323 e. The zero-order valence-electron chi connectivity index (χ0n) is 73.6. The lowest BCUT2D eigenvalue weighted by molar-refractivity contribution is -0.124. The molecule has 5 aromatic carbocycles. The normalized spacial score (nSPS) is 20.1. The number of benzene rings is 5. The van der Waals surface area contributed by atoms with Crippen LogP contribution in [0.1, 0.15) is 98.4 Å². The molecule has 0 aliphatic carbocycles. The van der Waals surface area contributed by atoms with Crippen molar-refractivity contribution in [1.82, 2.24) is 113 Å². The van der Waals surface area contributed by atoms with Gasteiger partial charge in [-0.1, -0.05) is 83.8 Å². The highest BCUT2D eigenvalue weighted by Gasteiger charge is 2.53. The van der Waals surface area contributed by atoms with Crippen LogP contribution < -0.4 is 72.1 Å². The van der Waals surface area contributed by atoms with Gasteiger partial charge in [0.15, 0.2) is 5.82 Å². The Morgan fingerprint density at radius 2 is 0.630 bits per heavy atom. The van der Waals surface area contributed by atoms with Crippen molar-refractivity contribution in [1.29, 1.82) is 0 Å². The molecule has 40 nitrogen and oxygen atoms in total. The molecule has 5 saturated heterocycles. The van der Waals surface area contributed by atoms with Crippen LogP contribution in [0, 0.1) is 47.4 Å². The second-order valence-electron chi connectivity index (χ2n) is 32.4.